The highest BCUT2D eigenvalue weighted by molar-refractivity contribution is 7.17. The molecule has 0 saturated carbocycles. The zero-order valence-electron chi connectivity index (χ0n) is 12.3. The largest absolute Gasteiger partial charge is 0.477 e. The molecule has 0 bridgehead atoms. The van der Waals surface area contributed by atoms with Crippen LogP contribution in [0.4, 0.5) is 5.13 Å². The van der Waals surface area contributed by atoms with Gasteiger partial charge in [-0.25, -0.2) is 9.78 Å². The first-order valence-corrected chi connectivity index (χ1v) is 7.84. The molecular formula is C14H22N2O3S. The average molecular weight is 298 g/mol. The fourth-order valence-electron chi connectivity index (χ4n) is 2.58. The maximum Gasteiger partial charge on any atom is 0.347 e. The lowest BCUT2D eigenvalue weighted by Gasteiger charge is -2.39. The Bertz CT molecular complexity index is 489. The van der Waals surface area contributed by atoms with Crippen LogP contribution in [0.15, 0.2) is 0 Å². The molecule has 5 nitrogen and oxygen atoms in total. The number of methoxy groups -OCH3 is 1. The van der Waals surface area contributed by atoms with E-state index in [1.165, 1.54) is 11.3 Å². The number of hydrogen-bond donors (Lipinski definition) is 1. The molecule has 0 aliphatic carbocycles. The highest BCUT2D eigenvalue weighted by atomic mass is 32.1. The van der Waals surface area contributed by atoms with Gasteiger partial charge in [0.05, 0.1) is 11.3 Å². The van der Waals surface area contributed by atoms with Crippen LogP contribution in [-0.4, -0.2) is 41.9 Å². The Morgan fingerprint density at radius 1 is 1.60 bits per heavy atom. The third-order valence-corrected chi connectivity index (χ3v) is 4.94. The number of aromatic carboxylic acids is 1. The number of carboxylic acid groups (broad SMARTS) is 1. The second kappa shape index (κ2) is 6.10. The molecule has 6 heteroatoms. The Morgan fingerprint density at radius 2 is 2.35 bits per heavy atom. The minimum Gasteiger partial charge on any atom is -0.477 e. The SMILES string of the molecule is CCCc1nc(N2CCCC(C)(OC)C2)sc1C(=O)O. The number of rotatable bonds is 5. The topological polar surface area (TPSA) is 62.7 Å². The lowest BCUT2D eigenvalue weighted by atomic mass is 9.95. The number of carboxylic acids is 1. The van der Waals surface area contributed by atoms with Gasteiger partial charge in [-0.05, 0) is 26.2 Å². The first-order valence-electron chi connectivity index (χ1n) is 7.02. The number of thiazole rings is 1. The van der Waals surface area contributed by atoms with Crippen LogP contribution in [0.5, 0.6) is 0 Å². The van der Waals surface area contributed by atoms with Crippen molar-refractivity contribution in [1.29, 1.82) is 0 Å². The van der Waals surface area contributed by atoms with Crippen molar-refractivity contribution in [3.63, 3.8) is 0 Å². The van der Waals surface area contributed by atoms with Crippen LogP contribution in [-0.2, 0) is 11.2 Å². The van der Waals surface area contributed by atoms with E-state index < -0.39 is 5.97 Å². The Morgan fingerprint density at radius 3 is 2.95 bits per heavy atom. The van der Waals surface area contributed by atoms with Crippen molar-refractivity contribution in [2.24, 2.45) is 0 Å². The third-order valence-electron chi connectivity index (χ3n) is 3.79. The van der Waals surface area contributed by atoms with Gasteiger partial charge in [0.2, 0.25) is 0 Å². The van der Waals surface area contributed by atoms with E-state index in [-0.39, 0.29) is 5.60 Å². The van der Waals surface area contributed by atoms with Gasteiger partial charge in [0.25, 0.3) is 0 Å². The second-order valence-corrected chi connectivity index (χ2v) is 6.48. The number of ether oxygens (including phenoxy) is 1. The Hall–Kier alpha value is -1.14. The van der Waals surface area contributed by atoms with E-state index in [1.54, 1.807) is 7.11 Å². The molecule has 1 N–H and O–H groups in total. The monoisotopic (exact) mass is 298 g/mol. The molecule has 1 aromatic heterocycles. The van der Waals surface area contributed by atoms with E-state index in [2.05, 4.69) is 16.8 Å². The van der Waals surface area contributed by atoms with E-state index in [1.807, 2.05) is 6.92 Å². The third kappa shape index (κ3) is 3.12. The summed E-state index contributed by atoms with van der Waals surface area (Å²) in [5.74, 6) is -0.872. The molecule has 20 heavy (non-hydrogen) atoms. The second-order valence-electron chi connectivity index (χ2n) is 5.51. The summed E-state index contributed by atoms with van der Waals surface area (Å²) in [6.45, 7) is 5.81. The first kappa shape index (κ1) is 15.3. The van der Waals surface area contributed by atoms with E-state index in [4.69, 9.17) is 4.74 Å². The van der Waals surface area contributed by atoms with Gasteiger partial charge in [0.1, 0.15) is 4.88 Å². The average Bonchev–Trinajstić information content (AvgIpc) is 2.84. The van der Waals surface area contributed by atoms with Crippen LogP contribution in [0.2, 0.25) is 0 Å². The minimum atomic E-state index is -0.872. The number of hydrogen-bond acceptors (Lipinski definition) is 5. The standard InChI is InChI=1S/C14H22N2O3S/c1-4-6-10-11(12(17)18)20-13(15-10)16-8-5-7-14(2,9-16)19-3/h4-9H2,1-3H3,(H,17,18). The van der Waals surface area contributed by atoms with E-state index in [9.17, 15) is 9.90 Å². The van der Waals surface area contributed by atoms with Gasteiger partial charge in [-0.15, -0.1) is 0 Å². The number of aromatic nitrogens is 1. The number of piperidine rings is 1. The van der Waals surface area contributed by atoms with Crippen LogP contribution in [0, 0.1) is 0 Å². The van der Waals surface area contributed by atoms with Crippen LogP contribution in [0.25, 0.3) is 0 Å². The van der Waals surface area contributed by atoms with E-state index in [0.717, 1.165) is 37.5 Å². The summed E-state index contributed by atoms with van der Waals surface area (Å²) in [6.07, 6.45) is 3.68. The lowest BCUT2D eigenvalue weighted by molar-refractivity contribution is -0.00466. The molecule has 1 aliphatic heterocycles. The van der Waals surface area contributed by atoms with Gasteiger partial charge >= 0.3 is 5.97 Å². The quantitative estimate of drug-likeness (QED) is 0.905. The highest BCUT2D eigenvalue weighted by Gasteiger charge is 2.32. The van der Waals surface area contributed by atoms with Gasteiger partial charge in [-0.3, -0.25) is 0 Å². The number of carbonyl (C=O) groups is 1. The maximum absolute atomic E-state index is 11.3. The van der Waals surface area contributed by atoms with Gasteiger partial charge in [-0.1, -0.05) is 24.7 Å². The summed E-state index contributed by atoms with van der Waals surface area (Å²) >= 11 is 1.29. The molecule has 2 rings (SSSR count). The molecule has 1 aromatic rings. The van der Waals surface area contributed by atoms with Crippen LogP contribution >= 0.6 is 11.3 Å². The molecule has 1 atom stereocenters. The summed E-state index contributed by atoms with van der Waals surface area (Å²) in [4.78, 5) is 18.4. The smallest absolute Gasteiger partial charge is 0.347 e. The summed E-state index contributed by atoms with van der Waals surface area (Å²) in [5, 5.41) is 10.1. The fourth-order valence-corrected chi connectivity index (χ4v) is 3.56. The molecule has 112 valence electrons. The van der Waals surface area contributed by atoms with Crippen LogP contribution in [0.1, 0.15) is 48.5 Å². The summed E-state index contributed by atoms with van der Waals surface area (Å²) in [5.41, 5.74) is 0.544. The van der Waals surface area contributed by atoms with Gasteiger partial charge in [0, 0.05) is 20.2 Å². The molecule has 0 radical (unpaired) electrons. The van der Waals surface area contributed by atoms with Crippen molar-refractivity contribution in [2.75, 3.05) is 25.1 Å². The summed E-state index contributed by atoms with van der Waals surface area (Å²) in [6, 6.07) is 0. The van der Waals surface area contributed by atoms with E-state index >= 15 is 0 Å². The molecule has 1 aliphatic rings. The van der Waals surface area contributed by atoms with Crippen molar-refractivity contribution < 1.29 is 14.6 Å². The zero-order chi connectivity index (χ0) is 14.8. The summed E-state index contributed by atoms with van der Waals surface area (Å²) < 4.78 is 5.58. The molecule has 2 heterocycles. The molecular weight excluding hydrogens is 276 g/mol. The van der Waals surface area contributed by atoms with Gasteiger partial charge in [0.15, 0.2) is 5.13 Å². The van der Waals surface area contributed by atoms with Gasteiger partial charge in [-0.2, -0.15) is 0 Å². The molecule has 1 saturated heterocycles. The number of aryl methyl sites for hydroxylation is 1. The number of nitrogens with zero attached hydrogens (tertiary/aromatic N) is 2. The number of anilines is 1. The maximum atomic E-state index is 11.3. The van der Waals surface area contributed by atoms with Crippen molar-refractivity contribution in [3.8, 4) is 0 Å². The highest BCUT2D eigenvalue weighted by Crippen LogP contribution is 2.32. The van der Waals surface area contributed by atoms with Crippen molar-refractivity contribution in [1.82, 2.24) is 4.98 Å². The Kier molecular flexibility index (Phi) is 4.65. The molecule has 0 amide bonds. The van der Waals surface area contributed by atoms with Crippen LogP contribution in [0.3, 0.4) is 0 Å². The van der Waals surface area contributed by atoms with Crippen molar-refractivity contribution in [2.45, 2.75) is 45.1 Å². The molecule has 1 unspecified atom stereocenters. The zero-order valence-corrected chi connectivity index (χ0v) is 13.1. The van der Waals surface area contributed by atoms with Crippen molar-refractivity contribution in [3.05, 3.63) is 10.6 Å². The molecule has 0 aromatic carbocycles. The van der Waals surface area contributed by atoms with Gasteiger partial charge < -0.3 is 14.7 Å². The minimum absolute atomic E-state index is 0.168. The summed E-state index contributed by atoms with van der Waals surface area (Å²) in [7, 11) is 1.73. The Labute approximate surface area is 123 Å². The lowest BCUT2D eigenvalue weighted by Crippen LogP contribution is -2.47. The molecule has 0 spiro atoms. The normalized spacial score (nSPS) is 23.1. The Balaban J connectivity index is 2.24. The van der Waals surface area contributed by atoms with Crippen LogP contribution < -0.4 is 4.90 Å². The predicted octanol–water partition coefficient (Wildman–Crippen LogP) is 2.80. The van der Waals surface area contributed by atoms with Crippen molar-refractivity contribution >= 4 is 22.4 Å². The van der Waals surface area contributed by atoms with E-state index in [0.29, 0.717) is 17.0 Å². The predicted molar refractivity (Wildman–Crippen MR) is 79.9 cm³/mol. The fraction of sp³-hybridized carbons (Fsp3) is 0.714. The molecule has 1 fully saturated rings. The first-order chi connectivity index (χ1) is 9.49.